The van der Waals surface area contributed by atoms with Crippen LogP contribution in [0.1, 0.15) is 130 Å². The smallest absolute Gasteiger partial charge is 0.245 e. The van der Waals surface area contributed by atoms with Gasteiger partial charge in [0.1, 0.15) is 60.4 Å². The van der Waals surface area contributed by atoms with Crippen LogP contribution in [0.3, 0.4) is 0 Å². The lowest BCUT2D eigenvalue weighted by Gasteiger charge is -2.29. The number of benzene rings is 1. The van der Waals surface area contributed by atoms with E-state index in [1.54, 1.807) is 44.2 Å². The van der Waals surface area contributed by atoms with Crippen LogP contribution in [0.4, 0.5) is 0 Å². The van der Waals surface area contributed by atoms with Gasteiger partial charge in [-0.2, -0.15) is 0 Å². The number of nitrogens with one attached hydrogen (secondary N) is 11. The van der Waals surface area contributed by atoms with Gasteiger partial charge in [-0.05, 0) is 122 Å². The molecule has 2 aliphatic rings. The Morgan fingerprint density at radius 3 is 1.57 bits per heavy atom. The Kier molecular flexibility index (Phi) is 33.3. The van der Waals surface area contributed by atoms with Crippen molar-refractivity contribution in [3.8, 4) is 0 Å². The molecular formula is C57H98N16O13. The van der Waals surface area contributed by atoms with E-state index in [1.807, 2.05) is 0 Å². The lowest BCUT2D eigenvalue weighted by atomic mass is 9.86. The van der Waals surface area contributed by atoms with E-state index < -0.39 is 151 Å². The Morgan fingerprint density at radius 2 is 1.05 bits per heavy atom. The second-order valence-electron chi connectivity index (χ2n) is 22.7. The quantitative estimate of drug-likeness (QED) is 0.0392. The molecule has 0 spiro atoms. The summed E-state index contributed by atoms with van der Waals surface area (Å²) >= 11 is 0. The van der Waals surface area contributed by atoms with Crippen LogP contribution in [0, 0.1) is 11.8 Å². The summed E-state index contributed by atoms with van der Waals surface area (Å²) in [7, 11) is 0. The van der Waals surface area contributed by atoms with Crippen molar-refractivity contribution in [1.29, 1.82) is 0 Å². The molecule has 1 aromatic rings. The minimum Gasteiger partial charge on any atom is -0.391 e. The second-order valence-corrected chi connectivity index (χ2v) is 22.7. The third kappa shape index (κ3) is 25.6. The molecule has 1 aliphatic heterocycles. The lowest BCUT2D eigenvalue weighted by Crippen LogP contribution is -2.62. The molecule has 3 rings (SSSR count). The average Bonchev–Trinajstić information content (AvgIpc) is 2.94. The van der Waals surface area contributed by atoms with Gasteiger partial charge in [0.2, 0.25) is 65.0 Å². The van der Waals surface area contributed by atoms with Gasteiger partial charge in [-0.25, -0.2) is 0 Å². The van der Waals surface area contributed by atoms with E-state index in [9.17, 15) is 63.0 Å². The molecule has 1 aliphatic carbocycles. The van der Waals surface area contributed by atoms with Crippen LogP contribution in [-0.4, -0.2) is 187 Å². The molecule has 2 fully saturated rings. The van der Waals surface area contributed by atoms with Crippen LogP contribution >= 0.6 is 0 Å². The van der Waals surface area contributed by atoms with Gasteiger partial charge in [-0.1, -0.05) is 76.3 Å². The molecule has 0 aromatic heterocycles. The van der Waals surface area contributed by atoms with Crippen LogP contribution in [0.15, 0.2) is 30.3 Å². The van der Waals surface area contributed by atoms with Gasteiger partial charge in [0.15, 0.2) is 0 Å². The predicted molar refractivity (Wildman–Crippen MR) is 319 cm³/mol. The Balaban J connectivity index is 2.04. The van der Waals surface area contributed by atoms with E-state index in [0.717, 1.165) is 32.1 Å². The summed E-state index contributed by atoms with van der Waals surface area (Å²) in [6.45, 7) is 4.84. The number of rotatable bonds is 27. The topological polar surface area (TPSA) is 491 Å². The summed E-state index contributed by atoms with van der Waals surface area (Å²) in [6, 6.07) is -6.20. The van der Waals surface area contributed by atoms with Gasteiger partial charge >= 0.3 is 0 Å². The molecular weight excluding hydrogens is 1120 g/mol. The number of carbonyl (C=O) groups excluding carboxylic acids is 11. The van der Waals surface area contributed by atoms with Crippen LogP contribution in [-0.2, 0) is 59.2 Å². The van der Waals surface area contributed by atoms with Gasteiger partial charge in [-0.15, -0.1) is 0 Å². The van der Waals surface area contributed by atoms with Crippen molar-refractivity contribution < 1.29 is 63.0 Å². The predicted octanol–water partition coefficient (Wildman–Crippen LogP) is -5.10. The molecule has 12 atom stereocenters. The minimum atomic E-state index is -1.69. The molecule has 484 valence electrons. The molecule has 0 radical (unpaired) electrons. The largest absolute Gasteiger partial charge is 0.391 e. The number of nitrogens with two attached hydrogens (primary N) is 5. The lowest BCUT2D eigenvalue weighted by molar-refractivity contribution is -0.137. The van der Waals surface area contributed by atoms with E-state index in [4.69, 9.17) is 28.7 Å². The molecule has 1 saturated heterocycles. The van der Waals surface area contributed by atoms with Crippen LogP contribution in [0.25, 0.3) is 0 Å². The number of carbonyl (C=O) groups is 11. The first-order valence-electron chi connectivity index (χ1n) is 30.2. The maximum absolute atomic E-state index is 14.6. The highest BCUT2D eigenvalue weighted by Crippen LogP contribution is 2.27. The Labute approximate surface area is 503 Å². The van der Waals surface area contributed by atoms with E-state index in [2.05, 4.69) is 58.5 Å². The second kappa shape index (κ2) is 39.0. The highest BCUT2D eigenvalue weighted by molar-refractivity contribution is 5.99. The maximum atomic E-state index is 14.6. The maximum Gasteiger partial charge on any atom is 0.245 e. The number of hydrogen-bond donors (Lipinski definition) is 18. The average molecular weight is 1220 g/mol. The van der Waals surface area contributed by atoms with Crippen molar-refractivity contribution in [1.82, 2.24) is 58.5 Å². The van der Waals surface area contributed by atoms with E-state index in [0.29, 0.717) is 17.9 Å². The zero-order chi connectivity index (χ0) is 63.9. The SMILES string of the molecule is CC(C)C[C@@H]1NC(=O)[C@@H](Cc2ccccc2)NC(=O)[C@H](CCN)NC(=O)[C@@H](NC(=O)[C@H](CCN)NC(=O)[C@@H](NC(=O)[C@H](CCN)NC(=O)CCCC2CCCCC2)[C@@H](C)O)CCNC(=O)[C@H]([C@@H](C)O)NC(=O)[C@H](CCN)NC(=O)[C@H](CCN)NC1=O. The fourth-order valence-corrected chi connectivity index (χ4v) is 10.2. The summed E-state index contributed by atoms with van der Waals surface area (Å²) in [5.74, 6) is -9.34. The third-order valence-corrected chi connectivity index (χ3v) is 14.9. The zero-order valence-corrected chi connectivity index (χ0v) is 50.3. The summed E-state index contributed by atoms with van der Waals surface area (Å²) in [5.41, 5.74) is 30.0. The molecule has 23 N–H and O–H groups in total. The van der Waals surface area contributed by atoms with Crippen LogP contribution in [0.2, 0.25) is 0 Å². The zero-order valence-electron chi connectivity index (χ0n) is 50.3. The fourth-order valence-electron chi connectivity index (χ4n) is 10.2. The number of hydrogen-bond acceptors (Lipinski definition) is 18. The van der Waals surface area contributed by atoms with E-state index in [-0.39, 0.29) is 90.0 Å². The number of aliphatic hydroxyl groups excluding tert-OH is 2. The van der Waals surface area contributed by atoms with E-state index >= 15 is 0 Å². The molecule has 1 heterocycles. The first kappa shape index (κ1) is 73.4. The molecule has 0 bridgehead atoms. The van der Waals surface area contributed by atoms with Gasteiger partial charge < -0.3 is 97.4 Å². The molecule has 1 saturated carbocycles. The van der Waals surface area contributed by atoms with Gasteiger partial charge in [0.25, 0.3) is 0 Å². The Hall–Kier alpha value is -6.89. The van der Waals surface area contributed by atoms with Crippen molar-refractivity contribution in [3.05, 3.63) is 35.9 Å². The molecule has 1 aromatic carbocycles. The highest BCUT2D eigenvalue weighted by Gasteiger charge is 2.38. The van der Waals surface area contributed by atoms with Crippen molar-refractivity contribution in [2.24, 2.45) is 40.5 Å². The molecule has 86 heavy (non-hydrogen) atoms. The minimum absolute atomic E-state index is 0.00760. The summed E-state index contributed by atoms with van der Waals surface area (Å²) in [4.78, 5) is 154. The molecule has 11 amide bonds. The van der Waals surface area contributed by atoms with Gasteiger partial charge in [-0.3, -0.25) is 52.7 Å². The summed E-state index contributed by atoms with van der Waals surface area (Å²) in [6.07, 6.45) is 2.93. The highest BCUT2D eigenvalue weighted by atomic mass is 16.3. The van der Waals surface area contributed by atoms with Gasteiger partial charge in [0.05, 0.1) is 12.2 Å². The Morgan fingerprint density at radius 1 is 0.547 bits per heavy atom. The number of aliphatic hydroxyl groups is 2. The molecule has 29 heteroatoms. The molecule has 0 unspecified atom stereocenters. The van der Waals surface area contributed by atoms with Crippen molar-refractivity contribution in [2.75, 3.05) is 39.3 Å². The Bertz CT molecular complexity index is 2360. The van der Waals surface area contributed by atoms with Crippen molar-refractivity contribution in [2.45, 2.75) is 203 Å². The van der Waals surface area contributed by atoms with Crippen molar-refractivity contribution >= 4 is 65.0 Å². The van der Waals surface area contributed by atoms with Crippen molar-refractivity contribution in [3.63, 3.8) is 0 Å². The van der Waals surface area contributed by atoms with E-state index in [1.165, 1.54) is 20.3 Å². The molecule has 29 nitrogen and oxygen atoms in total. The van der Waals surface area contributed by atoms with Crippen LogP contribution in [0.5, 0.6) is 0 Å². The summed E-state index contributed by atoms with van der Waals surface area (Å²) in [5, 5.41) is 49.8. The third-order valence-electron chi connectivity index (χ3n) is 14.9. The normalized spacial score (nSPS) is 23.7. The monoisotopic (exact) mass is 1210 g/mol. The first-order valence-corrected chi connectivity index (χ1v) is 30.2. The van der Waals surface area contributed by atoms with Gasteiger partial charge in [0, 0.05) is 19.4 Å². The summed E-state index contributed by atoms with van der Waals surface area (Å²) < 4.78 is 0. The first-order chi connectivity index (χ1) is 41.0. The van der Waals surface area contributed by atoms with Crippen LogP contribution < -0.4 is 87.2 Å². The number of amides is 11. The standard InChI is InChI=1S/C57H98N16O13/c1-32(2)30-43-54(83)67-38(19-25-59)48(77)66-41(22-28-62)53(82)72-46(33(3)74)56(85)63-29-23-42(51(80)65-39(20-26-60)50(79)71-44(55(84)70-43)31-36-14-9-6-10-15-36)68-49(78)40(21-27-61)69-57(86)47(34(4)75)73-52(81)37(18-24-58)64-45(76)17-11-16-35-12-7-5-8-13-35/h6,9-10,14-15,32-35,37-44,46-47,74-75H,5,7-8,11-13,16-31,58-62H2,1-4H3,(H,63,85)(H,64,76)(H,65,80)(H,66,77)(H,67,83)(H,68,78)(H,69,86)(H,70,84)(H,71,79)(H,72,82)(H,73,81)/t33-,34-,37+,38+,39+,40+,41+,42+,43+,44-,46+,47+/m1/s1. The fraction of sp³-hybridized carbons (Fsp3) is 0.702.